The molecule has 0 aliphatic heterocycles. The number of aryl methyl sites for hydroxylation is 1. The minimum Gasteiger partial charge on any atom is -0.310 e. The fourth-order valence-corrected chi connectivity index (χ4v) is 7.05. The van der Waals surface area contributed by atoms with E-state index in [-0.39, 0.29) is 5.56 Å². The van der Waals surface area contributed by atoms with E-state index in [4.69, 9.17) is 4.98 Å². The van der Waals surface area contributed by atoms with Gasteiger partial charge in [-0.3, -0.25) is 9.36 Å². The Morgan fingerprint density at radius 3 is 2.92 bits per heavy atom. The van der Waals surface area contributed by atoms with Gasteiger partial charge in [0, 0.05) is 17.5 Å². The molecule has 0 radical (unpaired) electrons. The summed E-state index contributed by atoms with van der Waals surface area (Å²) in [5, 5.41) is 7.12. The Balaban J connectivity index is 1.21. The summed E-state index contributed by atoms with van der Waals surface area (Å²) in [7, 11) is 0. The molecule has 4 aromatic rings. The van der Waals surface area contributed by atoms with Gasteiger partial charge in [0.2, 0.25) is 0 Å². The van der Waals surface area contributed by atoms with Crippen molar-refractivity contribution in [2.45, 2.75) is 64.5 Å². The molecular formula is C31H33N3OS. The Bertz CT molecular complexity index is 1540. The molecule has 0 saturated carbocycles. The van der Waals surface area contributed by atoms with Crippen molar-refractivity contribution in [2.75, 3.05) is 6.54 Å². The first-order valence-electron chi connectivity index (χ1n) is 13.3. The van der Waals surface area contributed by atoms with Crippen LogP contribution in [0.3, 0.4) is 0 Å². The van der Waals surface area contributed by atoms with E-state index in [2.05, 4.69) is 66.9 Å². The lowest BCUT2D eigenvalue weighted by molar-refractivity contribution is 0.476. The zero-order valence-electron chi connectivity index (χ0n) is 20.9. The van der Waals surface area contributed by atoms with E-state index in [1.807, 2.05) is 0 Å². The third kappa shape index (κ3) is 4.58. The molecule has 1 atom stereocenters. The van der Waals surface area contributed by atoms with Gasteiger partial charge in [-0.2, -0.15) is 0 Å². The Kier molecular flexibility index (Phi) is 6.60. The number of benzene rings is 2. The van der Waals surface area contributed by atoms with Gasteiger partial charge in [-0.1, -0.05) is 61.0 Å². The van der Waals surface area contributed by atoms with Gasteiger partial charge in [-0.05, 0) is 78.5 Å². The molecule has 1 N–H and O–H groups in total. The second kappa shape index (κ2) is 10.2. The van der Waals surface area contributed by atoms with Crippen LogP contribution in [0.1, 0.15) is 55.0 Å². The summed E-state index contributed by atoms with van der Waals surface area (Å²) in [5.41, 5.74) is 5.55. The highest BCUT2D eigenvalue weighted by atomic mass is 32.1. The molecule has 2 aromatic carbocycles. The summed E-state index contributed by atoms with van der Waals surface area (Å²) in [6, 6.07) is 15.2. The smallest absolute Gasteiger partial charge is 0.262 e. The van der Waals surface area contributed by atoms with Crippen molar-refractivity contribution in [3.63, 3.8) is 0 Å². The number of allylic oxidation sites excluding steroid dienone is 3. The number of aromatic nitrogens is 2. The van der Waals surface area contributed by atoms with Gasteiger partial charge in [0.05, 0.1) is 18.3 Å². The molecule has 0 amide bonds. The van der Waals surface area contributed by atoms with Crippen molar-refractivity contribution in [1.29, 1.82) is 0 Å². The highest BCUT2D eigenvalue weighted by molar-refractivity contribution is 7.18. The molecule has 5 heteroatoms. The van der Waals surface area contributed by atoms with Crippen LogP contribution in [0.5, 0.6) is 0 Å². The number of rotatable bonds is 6. The van der Waals surface area contributed by atoms with Crippen LogP contribution in [0.4, 0.5) is 0 Å². The van der Waals surface area contributed by atoms with Gasteiger partial charge in [0.1, 0.15) is 4.83 Å². The Morgan fingerprint density at radius 2 is 2.03 bits per heavy atom. The molecule has 2 aliphatic rings. The SMILES string of the molecule is CCC1=C(CNC2CCc3c(sc4ncn(Cc5ccc6ccccc6c5)c(=O)c34)C2)CCCC=C1. The van der Waals surface area contributed by atoms with Gasteiger partial charge in [0.15, 0.2) is 0 Å². The maximum atomic E-state index is 13.5. The quantitative estimate of drug-likeness (QED) is 0.330. The maximum absolute atomic E-state index is 13.5. The second-order valence-corrected chi connectivity index (χ2v) is 11.2. The van der Waals surface area contributed by atoms with Crippen LogP contribution in [-0.2, 0) is 19.4 Å². The zero-order valence-corrected chi connectivity index (χ0v) is 21.7. The number of hydrogen-bond donors (Lipinski definition) is 1. The molecule has 0 bridgehead atoms. The third-order valence-electron chi connectivity index (χ3n) is 7.81. The first-order chi connectivity index (χ1) is 17.7. The van der Waals surface area contributed by atoms with Crippen LogP contribution < -0.4 is 10.9 Å². The van der Waals surface area contributed by atoms with E-state index in [0.717, 1.165) is 48.0 Å². The van der Waals surface area contributed by atoms with Crippen molar-refractivity contribution in [1.82, 2.24) is 14.9 Å². The first kappa shape index (κ1) is 23.4. The molecule has 6 rings (SSSR count). The van der Waals surface area contributed by atoms with Crippen molar-refractivity contribution < 1.29 is 0 Å². The molecule has 0 saturated heterocycles. The van der Waals surface area contributed by atoms with Crippen molar-refractivity contribution in [3.05, 3.63) is 98.4 Å². The van der Waals surface area contributed by atoms with E-state index in [1.54, 1.807) is 27.8 Å². The molecule has 1 unspecified atom stereocenters. The third-order valence-corrected chi connectivity index (χ3v) is 8.97. The van der Waals surface area contributed by atoms with Crippen molar-refractivity contribution in [2.24, 2.45) is 0 Å². The van der Waals surface area contributed by atoms with E-state index < -0.39 is 0 Å². The number of fused-ring (bicyclic) bond motifs is 4. The molecule has 0 fully saturated rings. The lowest BCUT2D eigenvalue weighted by Gasteiger charge is -2.24. The normalized spacial score (nSPS) is 18.1. The standard InChI is InChI=1S/C31H33N3OS/c1-2-22-8-4-3-5-11-25(22)18-32-26-14-15-27-28(17-26)36-30-29(27)31(35)34(20-33-30)19-21-12-13-23-9-6-7-10-24(23)16-21/h4,6-10,12-13,16,20,26,32H,2-3,5,11,14-15,17-19H2,1H3. The summed E-state index contributed by atoms with van der Waals surface area (Å²) < 4.78 is 1.78. The molecule has 36 heavy (non-hydrogen) atoms. The van der Waals surface area contributed by atoms with Crippen LogP contribution >= 0.6 is 11.3 Å². The lowest BCUT2D eigenvalue weighted by Crippen LogP contribution is -2.35. The number of hydrogen-bond acceptors (Lipinski definition) is 4. The predicted octanol–water partition coefficient (Wildman–Crippen LogP) is 6.55. The molecule has 2 aliphatic carbocycles. The van der Waals surface area contributed by atoms with Gasteiger partial charge in [-0.25, -0.2) is 4.98 Å². The average molecular weight is 496 g/mol. The van der Waals surface area contributed by atoms with Crippen molar-refractivity contribution >= 4 is 32.3 Å². The van der Waals surface area contributed by atoms with E-state index in [1.165, 1.54) is 46.0 Å². The molecule has 2 heterocycles. The fraction of sp³-hybridized carbons (Fsp3) is 0.355. The van der Waals surface area contributed by atoms with E-state index in [0.29, 0.717) is 12.6 Å². The lowest BCUT2D eigenvalue weighted by atomic mass is 9.92. The first-order valence-corrected chi connectivity index (χ1v) is 14.1. The number of nitrogens with zero attached hydrogens (tertiary/aromatic N) is 2. The molecular weight excluding hydrogens is 462 g/mol. The topological polar surface area (TPSA) is 46.9 Å². The Hall–Kier alpha value is -3.02. The summed E-state index contributed by atoms with van der Waals surface area (Å²) in [6.07, 6.45) is 14.2. The fourth-order valence-electron chi connectivity index (χ4n) is 5.80. The van der Waals surface area contributed by atoms with Crippen LogP contribution in [0.2, 0.25) is 0 Å². The summed E-state index contributed by atoms with van der Waals surface area (Å²) in [5.74, 6) is 0. The van der Waals surface area contributed by atoms with Gasteiger partial charge in [-0.15, -0.1) is 11.3 Å². The molecule has 2 aromatic heterocycles. The van der Waals surface area contributed by atoms with E-state index in [9.17, 15) is 4.79 Å². The average Bonchev–Trinajstić information content (AvgIpc) is 3.12. The highest BCUT2D eigenvalue weighted by Gasteiger charge is 2.25. The number of nitrogens with one attached hydrogen (secondary N) is 1. The van der Waals surface area contributed by atoms with Gasteiger partial charge < -0.3 is 5.32 Å². The zero-order chi connectivity index (χ0) is 24.5. The Labute approximate surface area is 216 Å². The van der Waals surface area contributed by atoms with Gasteiger partial charge >= 0.3 is 0 Å². The van der Waals surface area contributed by atoms with Crippen LogP contribution in [0, 0.1) is 0 Å². The maximum Gasteiger partial charge on any atom is 0.262 e. The minimum atomic E-state index is 0.0973. The Morgan fingerprint density at radius 1 is 1.14 bits per heavy atom. The monoisotopic (exact) mass is 495 g/mol. The number of thiophene rings is 1. The van der Waals surface area contributed by atoms with Gasteiger partial charge in [0.25, 0.3) is 5.56 Å². The summed E-state index contributed by atoms with van der Waals surface area (Å²) in [6.45, 7) is 3.79. The highest BCUT2D eigenvalue weighted by Crippen LogP contribution is 2.34. The minimum absolute atomic E-state index is 0.0973. The second-order valence-electron chi connectivity index (χ2n) is 10.1. The summed E-state index contributed by atoms with van der Waals surface area (Å²) >= 11 is 1.72. The predicted molar refractivity (Wildman–Crippen MR) is 151 cm³/mol. The van der Waals surface area contributed by atoms with Crippen molar-refractivity contribution in [3.8, 4) is 0 Å². The summed E-state index contributed by atoms with van der Waals surface area (Å²) in [4.78, 5) is 20.5. The largest absolute Gasteiger partial charge is 0.310 e. The molecule has 4 nitrogen and oxygen atoms in total. The molecule has 184 valence electrons. The van der Waals surface area contributed by atoms with Crippen LogP contribution in [0.25, 0.3) is 21.0 Å². The van der Waals surface area contributed by atoms with E-state index >= 15 is 0 Å². The molecule has 0 spiro atoms. The van der Waals surface area contributed by atoms with Crippen LogP contribution in [-0.4, -0.2) is 22.1 Å². The van der Waals surface area contributed by atoms with Crippen LogP contribution in [0.15, 0.2) is 76.9 Å².